The van der Waals surface area contributed by atoms with E-state index in [1.54, 1.807) is 0 Å². The summed E-state index contributed by atoms with van der Waals surface area (Å²) in [5.74, 6) is 0. The van der Waals surface area contributed by atoms with Crippen LogP contribution in [0.25, 0.3) is 0 Å². The van der Waals surface area contributed by atoms with Gasteiger partial charge in [-0.25, -0.2) is 13.1 Å². The Morgan fingerprint density at radius 1 is 1.38 bits per heavy atom. The topological polar surface area (TPSA) is 92.6 Å². The highest BCUT2D eigenvalue weighted by Gasteiger charge is 2.25. The van der Waals surface area contributed by atoms with Gasteiger partial charge in [-0.1, -0.05) is 11.6 Å². The van der Waals surface area contributed by atoms with Crippen LogP contribution in [-0.2, 0) is 10.0 Å². The normalized spacial score (nSPS) is 12.7. The molecule has 0 unspecified atom stereocenters. The Hall–Kier alpha value is -1.22. The van der Waals surface area contributed by atoms with Gasteiger partial charge in [-0.15, -0.1) is 0 Å². The van der Waals surface area contributed by atoms with Crippen LogP contribution in [0.2, 0.25) is 5.02 Å². The van der Waals surface area contributed by atoms with Crippen LogP contribution in [0.3, 0.4) is 0 Å². The van der Waals surface area contributed by atoms with Crippen LogP contribution in [0.4, 0.5) is 5.69 Å². The van der Waals surface area contributed by atoms with Gasteiger partial charge in [0.25, 0.3) is 5.69 Å². The van der Waals surface area contributed by atoms with Gasteiger partial charge >= 0.3 is 0 Å². The number of nitro groups is 1. The van der Waals surface area contributed by atoms with E-state index < -0.39 is 26.2 Å². The Bertz CT molecular complexity index is 644. The van der Waals surface area contributed by atoms with E-state index in [9.17, 15) is 18.5 Å². The fourth-order valence-electron chi connectivity index (χ4n) is 1.31. The highest BCUT2D eigenvalue weighted by Crippen LogP contribution is 2.27. The molecular weight excluding hydrogens is 318 g/mol. The van der Waals surface area contributed by atoms with Crippen LogP contribution in [0.1, 0.15) is 13.8 Å². The third-order valence-corrected chi connectivity index (χ3v) is 5.05. The minimum atomic E-state index is -3.84. The highest BCUT2D eigenvalue weighted by atomic mass is 35.5. The standard InChI is InChI=1S/C12H18ClN3O4S/c1-12(2,15(3)4)8-14-21(19,20)9-5-6-10(13)11(7-9)16(17)18/h5-7,14H,8H2,1-4H3. The van der Waals surface area contributed by atoms with E-state index >= 15 is 0 Å². The van der Waals surface area contributed by atoms with Gasteiger partial charge in [0.05, 0.1) is 9.82 Å². The maximum absolute atomic E-state index is 12.2. The molecule has 1 aromatic carbocycles. The van der Waals surface area contributed by atoms with Crippen LogP contribution in [0, 0.1) is 10.1 Å². The minimum absolute atomic E-state index is 0.104. The number of nitrogens with zero attached hydrogens (tertiary/aromatic N) is 2. The summed E-state index contributed by atoms with van der Waals surface area (Å²) in [6, 6.07) is 3.39. The number of rotatable bonds is 6. The fourth-order valence-corrected chi connectivity index (χ4v) is 2.72. The number of hydrogen-bond donors (Lipinski definition) is 1. The predicted molar refractivity (Wildman–Crippen MR) is 81.1 cm³/mol. The Balaban J connectivity index is 3.04. The molecule has 0 aliphatic heterocycles. The van der Waals surface area contributed by atoms with E-state index in [4.69, 9.17) is 11.6 Å². The minimum Gasteiger partial charge on any atom is -0.303 e. The van der Waals surface area contributed by atoms with Gasteiger partial charge in [-0.2, -0.15) is 0 Å². The van der Waals surface area contributed by atoms with Crippen molar-refractivity contribution in [2.24, 2.45) is 0 Å². The van der Waals surface area contributed by atoms with Crippen LogP contribution in [-0.4, -0.2) is 44.4 Å². The van der Waals surface area contributed by atoms with Crippen molar-refractivity contribution in [3.8, 4) is 0 Å². The monoisotopic (exact) mass is 335 g/mol. The van der Waals surface area contributed by atoms with Gasteiger partial charge in [0.2, 0.25) is 10.0 Å². The smallest absolute Gasteiger partial charge is 0.289 e. The van der Waals surface area contributed by atoms with E-state index in [-0.39, 0.29) is 16.5 Å². The molecule has 0 spiro atoms. The van der Waals surface area contributed by atoms with Crippen molar-refractivity contribution in [1.82, 2.24) is 9.62 Å². The van der Waals surface area contributed by atoms with Crippen molar-refractivity contribution in [3.63, 3.8) is 0 Å². The van der Waals surface area contributed by atoms with Crippen LogP contribution in [0.5, 0.6) is 0 Å². The second kappa shape index (κ2) is 6.27. The first-order valence-corrected chi connectivity index (χ1v) is 7.94. The summed E-state index contributed by atoms with van der Waals surface area (Å²) in [7, 11) is -0.170. The van der Waals surface area contributed by atoms with Crippen molar-refractivity contribution in [3.05, 3.63) is 33.3 Å². The van der Waals surface area contributed by atoms with Crippen molar-refractivity contribution in [1.29, 1.82) is 0 Å². The number of likely N-dealkylation sites (N-methyl/N-ethyl adjacent to an activating group) is 1. The highest BCUT2D eigenvalue weighted by molar-refractivity contribution is 7.89. The molecule has 0 aromatic heterocycles. The molecule has 0 saturated carbocycles. The number of nitrogens with one attached hydrogen (secondary N) is 1. The zero-order valence-corrected chi connectivity index (χ0v) is 13.8. The summed E-state index contributed by atoms with van der Waals surface area (Å²) in [4.78, 5) is 11.8. The third kappa shape index (κ3) is 4.37. The Morgan fingerprint density at radius 2 is 1.95 bits per heavy atom. The lowest BCUT2D eigenvalue weighted by molar-refractivity contribution is -0.384. The van der Waals surface area contributed by atoms with Crippen molar-refractivity contribution in [2.45, 2.75) is 24.3 Å². The molecule has 0 atom stereocenters. The molecule has 7 nitrogen and oxygen atoms in total. The van der Waals surface area contributed by atoms with Gasteiger partial charge in [0, 0.05) is 18.2 Å². The zero-order chi connectivity index (χ0) is 16.4. The van der Waals surface area contributed by atoms with E-state index in [1.165, 1.54) is 12.1 Å². The summed E-state index contributed by atoms with van der Waals surface area (Å²) in [5, 5.41) is 10.7. The van der Waals surface area contributed by atoms with E-state index in [1.807, 2.05) is 32.8 Å². The Morgan fingerprint density at radius 3 is 2.43 bits per heavy atom. The third-order valence-electron chi connectivity index (χ3n) is 3.33. The van der Waals surface area contributed by atoms with Gasteiger partial charge in [0.1, 0.15) is 5.02 Å². The molecule has 0 heterocycles. The zero-order valence-electron chi connectivity index (χ0n) is 12.3. The number of benzene rings is 1. The van der Waals surface area contributed by atoms with Crippen molar-refractivity contribution in [2.75, 3.05) is 20.6 Å². The molecular formula is C12H18ClN3O4S. The molecule has 1 aromatic rings. The first-order chi connectivity index (χ1) is 9.47. The van der Waals surface area contributed by atoms with Crippen molar-refractivity contribution >= 4 is 27.3 Å². The number of halogens is 1. The molecule has 0 aliphatic rings. The van der Waals surface area contributed by atoms with Crippen molar-refractivity contribution < 1.29 is 13.3 Å². The molecule has 0 aliphatic carbocycles. The molecule has 118 valence electrons. The summed E-state index contributed by atoms with van der Waals surface area (Å²) in [6.45, 7) is 3.92. The van der Waals surface area contributed by atoms with E-state index in [2.05, 4.69) is 4.72 Å². The van der Waals surface area contributed by atoms with Crippen LogP contribution < -0.4 is 4.72 Å². The van der Waals surface area contributed by atoms with Gasteiger partial charge < -0.3 is 4.90 Å². The predicted octanol–water partition coefficient (Wildman–Crippen LogP) is 1.87. The average Bonchev–Trinajstić information content (AvgIpc) is 2.36. The summed E-state index contributed by atoms with van der Waals surface area (Å²) in [5.41, 5.74) is -0.836. The Kier molecular flexibility index (Phi) is 5.32. The second-order valence-electron chi connectivity index (χ2n) is 5.40. The van der Waals surface area contributed by atoms with Gasteiger partial charge in [-0.05, 0) is 40.1 Å². The van der Waals surface area contributed by atoms with Gasteiger partial charge in [-0.3, -0.25) is 10.1 Å². The largest absolute Gasteiger partial charge is 0.303 e. The molecule has 1 rings (SSSR count). The molecule has 1 N–H and O–H groups in total. The lowest BCUT2D eigenvalue weighted by atomic mass is 10.1. The number of hydrogen-bond acceptors (Lipinski definition) is 5. The first-order valence-electron chi connectivity index (χ1n) is 6.08. The molecule has 0 bridgehead atoms. The van der Waals surface area contributed by atoms with E-state index in [0.29, 0.717) is 0 Å². The first kappa shape index (κ1) is 17.8. The molecule has 9 heteroatoms. The molecule has 0 amide bonds. The summed E-state index contributed by atoms with van der Waals surface area (Å²) < 4.78 is 26.8. The van der Waals surface area contributed by atoms with Gasteiger partial charge in [0.15, 0.2) is 0 Å². The second-order valence-corrected chi connectivity index (χ2v) is 7.58. The van der Waals surface area contributed by atoms with Crippen LogP contribution >= 0.6 is 11.6 Å². The molecule has 21 heavy (non-hydrogen) atoms. The Labute approximate surface area is 129 Å². The summed E-state index contributed by atoms with van der Waals surface area (Å²) in [6.07, 6.45) is 0. The lowest BCUT2D eigenvalue weighted by Gasteiger charge is -2.32. The maximum atomic E-state index is 12.2. The lowest BCUT2D eigenvalue weighted by Crippen LogP contribution is -2.48. The number of sulfonamides is 1. The fraction of sp³-hybridized carbons (Fsp3) is 0.500. The quantitative estimate of drug-likeness (QED) is 0.632. The average molecular weight is 336 g/mol. The number of nitro benzene ring substituents is 1. The molecule has 0 saturated heterocycles. The van der Waals surface area contributed by atoms with E-state index in [0.717, 1.165) is 6.07 Å². The maximum Gasteiger partial charge on any atom is 0.289 e. The summed E-state index contributed by atoms with van der Waals surface area (Å²) >= 11 is 5.67. The molecule has 0 fully saturated rings. The SMILES string of the molecule is CN(C)C(C)(C)CNS(=O)(=O)c1ccc(Cl)c([N+](=O)[O-])c1. The molecule has 0 radical (unpaired) electrons. The van der Waals surface area contributed by atoms with Crippen LogP contribution in [0.15, 0.2) is 23.1 Å².